The molecule has 0 aromatic heterocycles. The highest BCUT2D eigenvalue weighted by molar-refractivity contribution is 7.74. The number of hydrogen-bond acceptors (Lipinski definition) is 4. The zero-order chi connectivity index (χ0) is 9.78. The summed E-state index contributed by atoms with van der Waals surface area (Å²) in [6, 6.07) is 0. The van der Waals surface area contributed by atoms with Crippen molar-refractivity contribution in [2.24, 2.45) is 5.73 Å². The lowest BCUT2D eigenvalue weighted by Crippen LogP contribution is -2.43. The molecule has 0 saturated carbocycles. The van der Waals surface area contributed by atoms with Crippen molar-refractivity contribution in [2.45, 2.75) is 18.9 Å². The number of carbonyl (C=O) groups excluding carboxylic acids is 1. The molecule has 5 heteroatoms. The number of thiol groups is 1. The van der Waals surface area contributed by atoms with Crippen LogP contribution in [0.15, 0.2) is 0 Å². The Bertz CT molecular complexity index is 156. The van der Waals surface area contributed by atoms with Gasteiger partial charge >= 0.3 is 5.91 Å². The van der Waals surface area contributed by atoms with Crippen LogP contribution >= 0.6 is 12.8 Å². The third-order valence-corrected chi connectivity index (χ3v) is 1.70. The summed E-state index contributed by atoms with van der Waals surface area (Å²) in [4.78, 5) is 11.3. The number of nitrogens with zero attached hydrogens (tertiary/aromatic N) is 1. The first-order chi connectivity index (χ1) is 5.39. The molecule has 1 amide bonds. The molecule has 1 atom stereocenters. The minimum absolute atomic E-state index is 0.147. The van der Waals surface area contributed by atoms with Crippen molar-refractivity contribution in [1.29, 1.82) is 0 Å². The summed E-state index contributed by atoms with van der Waals surface area (Å²) in [5.41, 5.74) is 5.24. The quantitative estimate of drug-likeness (QED) is 0.418. The number of aliphatic hydroxyl groups excluding tert-OH is 1. The molecule has 1 unspecified atom stereocenters. The van der Waals surface area contributed by atoms with Crippen LogP contribution in [0.1, 0.15) is 12.8 Å². The zero-order valence-corrected chi connectivity index (χ0v) is 8.42. The summed E-state index contributed by atoms with van der Waals surface area (Å²) >= 11 is 4.01. The summed E-state index contributed by atoms with van der Waals surface area (Å²) in [6.45, 7) is 0.490. The van der Waals surface area contributed by atoms with Gasteiger partial charge in [0.15, 0.2) is 6.10 Å². The first-order valence-corrected chi connectivity index (χ1v) is 4.29. The first-order valence-electron chi connectivity index (χ1n) is 3.89. The van der Waals surface area contributed by atoms with Gasteiger partial charge in [0.25, 0.3) is 0 Å². The monoisotopic (exact) mass is 193 g/mol. The van der Waals surface area contributed by atoms with Gasteiger partial charge in [-0.05, 0) is 19.4 Å². The maximum Gasteiger partial charge on any atom is 0.353 e. The largest absolute Gasteiger partial charge is 0.379 e. The Morgan fingerprint density at radius 1 is 1.67 bits per heavy atom. The summed E-state index contributed by atoms with van der Waals surface area (Å²) < 4.78 is -0.147. The summed E-state index contributed by atoms with van der Waals surface area (Å²) in [5, 5.41) is 9.31. The smallest absolute Gasteiger partial charge is 0.353 e. The summed E-state index contributed by atoms with van der Waals surface area (Å²) in [6.07, 6.45) is 0.124. The summed E-state index contributed by atoms with van der Waals surface area (Å²) in [7, 11) is 3.22. The second kappa shape index (κ2) is 4.81. The third kappa shape index (κ3) is 4.06. The lowest BCUT2D eigenvalue weighted by molar-refractivity contribution is -0.667. The zero-order valence-electron chi connectivity index (χ0n) is 7.53. The maximum atomic E-state index is 11.3. The molecule has 3 N–H and O–H groups in total. The van der Waals surface area contributed by atoms with E-state index in [1.54, 1.807) is 14.1 Å². The molecule has 0 radical (unpaired) electrons. The molecule has 0 fully saturated rings. The lowest BCUT2D eigenvalue weighted by Gasteiger charge is -2.20. The van der Waals surface area contributed by atoms with Gasteiger partial charge in [-0.3, -0.25) is 0 Å². The Labute approximate surface area is 78.5 Å². The van der Waals surface area contributed by atoms with Crippen LogP contribution in [0.25, 0.3) is 0 Å². The molecule has 0 spiro atoms. The molecular weight excluding hydrogens is 176 g/mol. The molecule has 0 aliphatic rings. The van der Waals surface area contributed by atoms with Crippen molar-refractivity contribution in [3.8, 4) is 0 Å². The van der Waals surface area contributed by atoms with Crippen molar-refractivity contribution in [3.05, 3.63) is 0 Å². The van der Waals surface area contributed by atoms with E-state index in [0.717, 1.165) is 0 Å². The molecule has 0 bridgehead atoms. The molecule has 0 aromatic rings. The van der Waals surface area contributed by atoms with Crippen LogP contribution in [0.5, 0.6) is 0 Å². The van der Waals surface area contributed by atoms with E-state index in [1.807, 2.05) is 0 Å². The van der Waals surface area contributed by atoms with Gasteiger partial charge in [-0.1, -0.05) is 0 Å². The number of aliphatic hydroxyl groups is 1. The van der Waals surface area contributed by atoms with Gasteiger partial charge in [-0.15, -0.1) is 0 Å². The van der Waals surface area contributed by atoms with E-state index in [9.17, 15) is 9.90 Å². The van der Waals surface area contributed by atoms with Crippen LogP contribution < -0.4 is 5.73 Å². The molecule has 0 rings (SSSR count). The number of nitrogens with two attached hydrogens (primary N) is 1. The van der Waals surface area contributed by atoms with E-state index in [2.05, 4.69) is 12.8 Å². The Hall–Kier alpha value is -0.100. The van der Waals surface area contributed by atoms with Crippen molar-refractivity contribution < 1.29 is 13.8 Å². The van der Waals surface area contributed by atoms with Gasteiger partial charge in [0.1, 0.15) is 0 Å². The lowest BCUT2D eigenvalue weighted by atomic mass is 10.2. The van der Waals surface area contributed by atoms with E-state index < -0.39 is 6.10 Å². The Morgan fingerprint density at radius 3 is 2.50 bits per heavy atom. The fourth-order valence-electron chi connectivity index (χ4n) is 0.799. The van der Waals surface area contributed by atoms with E-state index in [1.165, 1.54) is 0 Å². The van der Waals surface area contributed by atoms with Crippen molar-refractivity contribution >= 4 is 18.7 Å². The van der Waals surface area contributed by atoms with Crippen molar-refractivity contribution in [2.75, 3.05) is 20.6 Å². The minimum Gasteiger partial charge on any atom is -0.379 e. The van der Waals surface area contributed by atoms with Gasteiger partial charge in [-0.2, -0.15) is 0 Å². The molecule has 12 heavy (non-hydrogen) atoms. The standard InChI is InChI=1S/C7H17N2O2S/c1-9(2,12)7(11)6(10)4-3-5-8/h6,10,12H,3-5,8H2,1-2H3/q+1. The molecule has 0 saturated heterocycles. The number of carbonyl (C=O) groups is 1. The predicted octanol–water partition coefficient (Wildman–Crippen LogP) is -0.466. The highest BCUT2D eigenvalue weighted by atomic mass is 32.1. The fourth-order valence-corrected chi connectivity index (χ4v) is 0.933. The number of quaternary nitrogens is 1. The molecule has 0 aliphatic carbocycles. The molecule has 0 aromatic carbocycles. The first kappa shape index (κ1) is 11.9. The van der Waals surface area contributed by atoms with Crippen LogP contribution in [-0.4, -0.2) is 41.6 Å². The van der Waals surface area contributed by atoms with Gasteiger partial charge in [0.05, 0.1) is 26.9 Å². The normalized spacial score (nSPS) is 14.4. The van der Waals surface area contributed by atoms with Crippen LogP contribution in [0.3, 0.4) is 0 Å². The summed E-state index contributed by atoms with van der Waals surface area (Å²) in [5.74, 6) is -0.299. The number of hydrogen-bond donors (Lipinski definition) is 3. The van der Waals surface area contributed by atoms with Crippen LogP contribution in [-0.2, 0) is 4.79 Å². The highest BCUT2D eigenvalue weighted by Gasteiger charge is 2.29. The number of amides is 1. The van der Waals surface area contributed by atoms with E-state index in [-0.39, 0.29) is 9.80 Å². The van der Waals surface area contributed by atoms with Gasteiger partial charge in [-0.25, -0.2) is 8.68 Å². The van der Waals surface area contributed by atoms with Crippen molar-refractivity contribution in [1.82, 2.24) is 0 Å². The molecular formula is C7H17N2O2S+. The fraction of sp³-hybridized carbons (Fsp3) is 0.857. The van der Waals surface area contributed by atoms with E-state index >= 15 is 0 Å². The second-order valence-electron chi connectivity index (χ2n) is 3.18. The van der Waals surface area contributed by atoms with Crippen molar-refractivity contribution in [3.63, 3.8) is 0 Å². The average Bonchev–Trinajstić information content (AvgIpc) is 1.97. The Kier molecular flexibility index (Phi) is 4.77. The average molecular weight is 193 g/mol. The van der Waals surface area contributed by atoms with Gasteiger partial charge in [0, 0.05) is 0 Å². The van der Waals surface area contributed by atoms with E-state index in [0.29, 0.717) is 19.4 Å². The van der Waals surface area contributed by atoms with Crippen LogP contribution in [0, 0.1) is 0 Å². The topological polar surface area (TPSA) is 63.3 Å². The maximum absolute atomic E-state index is 11.3. The number of rotatable bonds is 4. The van der Waals surface area contributed by atoms with Crippen LogP contribution in [0.4, 0.5) is 0 Å². The third-order valence-electron chi connectivity index (χ3n) is 1.51. The second-order valence-corrected chi connectivity index (χ2v) is 4.18. The molecule has 4 nitrogen and oxygen atoms in total. The predicted molar refractivity (Wildman–Crippen MR) is 50.4 cm³/mol. The Balaban J connectivity index is 3.94. The van der Waals surface area contributed by atoms with Gasteiger partial charge < -0.3 is 10.8 Å². The molecule has 0 aliphatic heterocycles. The van der Waals surface area contributed by atoms with Crippen LogP contribution in [0.2, 0.25) is 0 Å². The Morgan fingerprint density at radius 2 is 2.17 bits per heavy atom. The highest BCUT2D eigenvalue weighted by Crippen LogP contribution is 2.09. The SMILES string of the molecule is C[N+](C)(S)C(=O)C(O)CCCN. The number of likely N-dealkylation sites (N-methyl/N-ethyl adjacent to an activating group) is 1. The minimum atomic E-state index is -0.943. The molecule has 0 heterocycles. The van der Waals surface area contributed by atoms with Gasteiger partial charge in [0.2, 0.25) is 0 Å². The van der Waals surface area contributed by atoms with E-state index in [4.69, 9.17) is 5.73 Å². The molecule has 72 valence electrons.